The second-order valence-corrected chi connectivity index (χ2v) is 6.70. The highest BCUT2D eigenvalue weighted by Gasteiger charge is 2.14. The van der Waals surface area contributed by atoms with Crippen LogP contribution >= 0.6 is 0 Å². The van der Waals surface area contributed by atoms with Crippen molar-refractivity contribution in [1.29, 1.82) is 0 Å². The number of hydrogen-bond acceptors (Lipinski definition) is 3. The molecule has 0 aliphatic heterocycles. The molecule has 1 heterocycles. The van der Waals surface area contributed by atoms with Crippen molar-refractivity contribution in [2.45, 2.75) is 33.2 Å². The van der Waals surface area contributed by atoms with Crippen LogP contribution in [0, 0.1) is 0 Å². The van der Waals surface area contributed by atoms with E-state index in [0.717, 1.165) is 35.3 Å². The Morgan fingerprint density at radius 2 is 1.48 bits per heavy atom. The Morgan fingerprint density at radius 3 is 2.10 bits per heavy atom. The molecule has 0 aliphatic rings. The van der Waals surface area contributed by atoms with Crippen LogP contribution < -0.4 is 10.6 Å². The third kappa shape index (κ3) is 5.08. The number of para-hydroxylation sites is 1. The van der Waals surface area contributed by atoms with Gasteiger partial charge >= 0.3 is 0 Å². The fraction of sp³-hybridized carbons (Fsp3) is 0.208. The summed E-state index contributed by atoms with van der Waals surface area (Å²) in [5.41, 5.74) is 4.73. The van der Waals surface area contributed by atoms with E-state index in [1.54, 1.807) is 30.5 Å². The van der Waals surface area contributed by atoms with Crippen LogP contribution in [0.15, 0.2) is 66.9 Å². The van der Waals surface area contributed by atoms with Gasteiger partial charge in [0, 0.05) is 23.0 Å². The van der Waals surface area contributed by atoms with Crippen molar-refractivity contribution in [3.05, 3.63) is 94.8 Å². The fourth-order valence-corrected chi connectivity index (χ4v) is 3.17. The molecule has 0 saturated carbocycles. The Labute approximate surface area is 171 Å². The van der Waals surface area contributed by atoms with Crippen molar-refractivity contribution in [3.8, 4) is 0 Å². The lowest BCUT2D eigenvalue weighted by Gasteiger charge is -2.14. The van der Waals surface area contributed by atoms with Gasteiger partial charge in [0.2, 0.25) is 0 Å². The Hall–Kier alpha value is -3.47. The Kier molecular flexibility index (Phi) is 6.74. The molecule has 0 saturated heterocycles. The van der Waals surface area contributed by atoms with Crippen molar-refractivity contribution in [2.24, 2.45) is 0 Å². The molecular formula is C24H25N3O2. The van der Waals surface area contributed by atoms with E-state index >= 15 is 0 Å². The van der Waals surface area contributed by atoms with Gasteiger partial charge in [0.05, 0.1) is 12.2 Å². The minimum Gasteiger partial charge on any atom is -0.346 e. The molecule has 0 atom stereocenters. The van der Waals surface area contributed by atoms with Gasteiger partial charge in [-0.15, -0.1) is 0 Å². The summed E-state index contributed by atoms with van der Waals surface area (Å²) in [5.74, 6) is -0.464. The molecule has 0 fully saturated rings. The zero-order valence-corrected chi connectivity index (χ0v) is 16.7. The molecule has 0 aliphatic carbocycles. The van der Waals surface area contributed by atoms with E-state index in [1.165, 1.54) is 0 Å². The Morgan fingerprint density at radius 1 is 0.828 bits per heavy atom. The second-order valence-electron chi connectivity index (χ2n) is 6.70. The van der Waals surface area contributed by atoms with Crippen LogP contribution in [0.25, 0.3) is 0 Å². The number of nitrogens with zero attached hydrogens (tertiary/aromatic N) is 1. The summed E-state index contributed by atoms with van der Waals surface area (Å²) in [6, 6.07) is 18.4. The molecule has 0 radical (unpaired) electrons. The lowest BCUT2D eigenvalue weighted by atomic mass is 10.0. The first kappa shape index (κ1) is 20.3. The van der Waals surface area contributed by atoms with Gasteiger partial charge in [0.25, 0.3) is 11.8 Å². The Bertz CT molecular complexity index is 978. The number of hydrogen-bond donors (Lipinski definition) is 2. The SMILES string of the molecule is CCc1cccc(CC)c1NC(=O)c1cccc(C(=O)NCc2ccccn2)c1. The maximum atomic E-state index is 12.9. The van der Waals surface area contributed by atoms with Crippen LogP contribution in [0.1, 0.15) is 51.4 Å². The van der Waals surface area contributed by atoms with Gasteiger partial charge in [-0.3, -0.25) is 14.6 Å². The molecule has 148 valence electrons. The minimum atomic E-state index is -0.242. The van der Waals surface area contributed by atoms with Gasteiger partial charge in [-0.2, -0.15) is 0 Å². The van der Waals surface area contributed by atoms with Gasteiger partial charge < -0.3 is 10.6 Å². The Balaban J connectivity index is 1.74. The highest BCUT2D eigenvalue weighted by Crippen LogP contribution is 2.23. The third-order valence-corrected chi connectivity index (χ3v) is 4.78. The summed E-state index contributed by atoms with van der Waals surface area (Å²) in [6.45, 7) is 4.47. The number of amides is 2. The molecular weight excluding hydrogens is 362 g/mol. The second kappa shape index (κ2) is 9.64. The van der Waals surface area contributed by atoms with E-state index in [4.69, 9.17) is 0 Å². The first-order valence-electron chi connectivity index (χ1n) is 9.82. The average Bonchev–Trinajstić information content (AvgIpc) is 2.78. The standard InChI is InChI=1S/C24H25N3O2/c1-3-17-9-7-10-18(4-2)22(17)27-24(29)20-12-8-11-19(15-20)23(28)26-16-21-13-5-6-14-25-21/h5-15H,3-4,16H2,1-2H3,(H,26,28)(H,27,29). The van der Waals surface area contributed by atoms with Crippen LogP contribution in [-0.2, 0) is 19.4 Å². The number of anilines is 1. The zero-order chi connectivity index (χ0) is 20.6. The predicted molar refractivity (Wildman–Crippen MR) is 115 cm³/mol. The number of aromatic nitrogens is 1. The molecule has 2 N–H and O–H groups in total. The van der Waals surface area contributed by atoms with Gasteiger partial charge in [-0.05, 0) is 54.3 Å². The topological polar surface area (TPSA) is 71.1 Å². The smallest absolute Gasteiger partial charge is 0.255 e. The predicted octanol–water partition coefficient (Wildman–Crippen LogP) is 4.39. The van der Waals surface area contributed by atoms with E-state index in [9.17, 15) is 9.59 Å². The molecule has 3 aromatic rings. The number of pyridine rings is 1. The zero-order valence-electron chi connectivity index (χ0n) is 16.7. The summed E-state index contributed by atoms with van der Waals surface area (Å²) in [7, 11) is 0. The molecule has 0 bridgehead atoms. The van der Waals surface area contributed by atoms with Crippen molar-refractivity contribution >= 4 is 17.5 Å². The molecule has 5 heteroatoms. The van der Waals surface area contributed by atoms with Gasteiger partial charge in [0.15, 0.2) is 0 Å². The average molecular weight is 387 g/mol. The molecule has 0 unspecified atom stereocenters. The molecule has 3 rings (SSSR count). The normalized spacial score (nSPS) is 10.4. The maximum absolute atomic E-state index is 12.9. The quantitative estimate of drug-likeness (QED) is 0.632. The summed E-state index contributed by atoms with van der Waals surface area (Å²) in [6.07, 6.45) is 3.35. The monoisotopic (exact) mass is 387 g/mol. The van der Waals surface area contributed by atoms with Gasteiger partial charge in [-0.1, -0.05) is 44.2 Å². The molecule has 29 heavy (non-hydrogen) atoms. The molecule has 0 spiro atoms. The summed E-state index contributed by atoms with van der Waals surface area (Å²) in [4.78, 5) is 29.5. The van der Waals surface area contributed by atoms with Crippen molar-refractivity contribution in [3.63, 3.8) is 0 Å². The highest BCUT2D eigenvalue weighted by atomic mass is 16.2. The van der Waals surface area contributed by atoms with Crippen LogP contribution in [0.3, 0.4) is 0 Å². The first-order valence-corrected chi connectivity index (χ1v) is 9.82. The van der Waals surface area contributed by atoms with Crippen LogP contribution in [0.4, 0.5) is 5.69 Å². The fourth-order valence-electron chi connectivity index (χ4n) is 3.17. The molecule has 2 aromatic carbocycles. The van der Waals surface area contributed by atoms with E-state index in [2.05, 4.69) is 29.5 Å². The van der Waals surface area contributed by atoms with E-state index in [-0.39, 0.29) is 11.8 Å². The summed E-state index contributed by atoms with van der Waals surface area (Å²) >= 11 is 0. The number of rotatable bonds is 7. The first-order chi connectivity index (χ1) is 14.1. The van der Waals surface area contributed by atoms with E-state index < -0.39 is 0 Å². The van der Waals surface area contributed by atoms with Gasteiger partial charge in [0.1, 0.15) is 0 Å². The highest BCUT2D eigenvalue weighted by molar-refractivity contribution is 6.06. The van der Waals surface area contributed by atoms with Crippen molar-refractivity contribution in [2.75, 3.05) is 5.32 Å². The van der Waals surface area contributed by atoms with Gasteiger partial charge in [-0.25, -0.2) is 0 Å². The van der Waals surface area contributed by atoms with Crippen LogP contribution in [0.2, 0.25) is 0 Å². The van der Waals surface area contributed by atoms with Crippen LogP contribution in [0.5, 0.6) is 0 Å². The molecule has 2 amide bonds. The third-order valence-electron chi connectivity index (χ3n) is 4.78. The number of carbonyl (C=O) groups is 2. The van der Waals surface area contributed by atoms with Crippen molar-refractivity contribution in [1.82, 2.24) is 10.3 Å². The van der Waals surface area contributed by atoms with E-state index in [1.807, 2.05) is 36.4 Å². The number of carbonyl (C=O) groups excluding carboxylic acids is 2. The van der Waals surface area contributed by atoms with Crippen molar-refractivity contribution < 1.29 is 9.59 Å². The lowest BCUT2D eigenvalue weighted by molar-refractivity contribution is 0.0950. The molecule has 5 nitrogen and oxygen atoms in total. The lowest BCUT2D eigenvalue weighted by Crippen LogP contribution is -2.24. The largest absolute Gasteiger partial charge is 0.346 e. The van der Waals surface area contributed by atoms with Crippen LogP contribution in [-0.4, -0.2) is 16.8 Å². The number of benzene rings is 2. The summed E-state index contributed by atoms with van der Waals surface area (Å²) < 4.78 is 0. The summed E-state index contributed by atoms with van der Waals surface area (Å²) in [5, 5.41) is 5.88. The van der Waals surface area contributed by atoms with E-state index in [0.29, 0.717) is 17.7 Å². The number of aryl methyl sites for hydroxylation is 2. The molecule has 1 aromatic heterocycles. The minimum absolute atomic E-state index is 0.222. The number of nitrogens with one attached hydrogen (secondary N) is 2. The maximum Gasteiger partial charge on any atom is 0.255 e.